The van der Waals surface area contributed by atoms with Gasteiger partial charge in [-0.25, -0.2) is 29.6 Å². The fourth-order valence-corrected chi connectivity index (χ4v) is 29.3. The van der Waals surface area contributed by atoms with E-state index in [0.29, 0.717) is 32.7 Å². The first-order valence-corrected chi connectivity index (χ1v) is 44.7. The molecule has 0 aliphatic carbocycles. The monoisotopic (exact) mass is 1640 g/mol. The van der Waals surface area contributed by atoms with Crippen molar-refractivity contribution in [2.45, 2.75) is 119 Å². The van der Waals surface area contributed by atoms with E-state index in [2.05, 4.69) is 98.6 Å². The molecular weight excluding hydrogens is 1550 g/mol. The summed E-state index contributed by atoms with van der Waals surface area (Å²) in [7, 11) is 0. The Bertz CT molecular complexity index is 5720. The van der Waals surface area contributed by atoms with Crippen LogP contribution in [0, 0.1) is 13.1 Å². The van der Waals surface area contributed by atoms with Crippen LogP contribution in [0.15, 0.2) is 246 Å². The first-order chi connectivity index (χ1) is 53.8. The van der Waals surface area contributed by atoms with Crippen LogP contribution in [-0.4, -0.2) is 82.6 Å². The molecule has 0 unspecified atom stereocenters. The standard InChI is InChI=1S/C26H20N8O.C21H18N4O.C17H15ClN2O.C5H3ClN4.C4H3N2.3C4H9.CH4.Sn/c1-16(32-24-21(28-2)15-29-26(27)33-24)22-13-17-7-6-10-20(18-11-12-30-31-14-18)23(17)25(35)34(22)19-8-4-3-5-9-19;1-14(22)19-12-15-6-5-9-18(16-10-11-23-24-13-16)20(15)21(26)25(19)17-7-3-2-4-8-17;1-11(19)15-10-12-6-5-9-14(18)16(12)17(21)20(15)13-7-3-2-4-8-13;1-8-3-2-9-5(7)10-4(3)6;1-2-4-6-5-3-1;3*1-3-4-2;;/h3-16H,1H3,(H3,27,29,32,33);2-14H,22H2,1H3;2-11H,19H2,1H3;2H,(H2,7,9,10);1,3-4H;3*1,3-4H2,2H3;1H4;/t16-;14-;11-;;;;;;;/m000......./s1. The van der Waals surface area contributed by atoms with Gasteiger partial charge in [0.05, 0.1) is 65.2 Å². The number of nitrogens with two attached hydrogens (primary N) is 4. The Hall–Kier alpha value is -12.0. The molecule has 14 rings (SSSR count). The maximum atomic E-state index is 14.1. The minimum Gasteiger partial charge on any atom is -0.371 e. The molecule has 0 spiro atoms. The van der Waals surface area contributed by atoms with Crippen molar-refractivity contribution in [2.24, 2.45) is 11.5 Å². The van der Waals surface area contributed by atoms with Gasteiger partial charge in [-0.3, -0.25) is 28.1 Å². The van der Waals surface area contributed by atoms with Crippen molar-refractivity contribution in [1.82, 2.24) is 64.2 Å². The molecule has 9 N–H and O–H groups in total. The molecule has 26 heteroatoms. The Balaban J connectivity index is 0.000000168. The van der Waals surface area contributed by atoms with Crippen molar-refractivity contribution in [2.75, 3.05) is 16.8 Å². The zero-order valence-electron chi connectivity index (χ0n) is 62.5. The van der Waals surface area contributed by atoms with E-state index < -0.39 is 24.4 Å². The van der Waals surface area contributed by atoms with Crippen LogP contribution in [0.25, 0.3) is 81.3 Å². The second-order valence-electron chi connectivity index (χ2n) is 26.4. The zero-order chi connectivity index (χ0) is 79.0. The van der Waals surface area contributed by atoms with Gasteiger partial charge in [0, 0.05) is 69.7 Å². The molecular formula is C86H90Cl2N20O3Sn. The summed E-state index contributed by atoms with van der Waals surface area (Å²) >= 11 is 9.50. The third-order valence-electron chi connectivity index (χ3n) is 18.7. The van der Waals surface area contributed by atoms with Crippen LogP contribution in [-0.2, 0) is 0 Å². The molecule has 570 valence electrons. The summed E-state index contributed by atoms with van der Waals surface area (Å²) in [6.45, 7) is 26.6. The molecule has 0 saturated carbocycles. The number of aromatic nitrogens is 13. The smallest absolute Gasteiger partial charge is 0.264 e. The summed E-state index contributed by atoms with van der Waals surface area (Å²) < 4.78 is 11.2. The Morgan fingerprint density at radius 1 is 0.464 bits per heavy atom. The van der Waals surface area contributed by atoms with E-state index in [9.17, 15) is 14.4 Å². The summed E-state index contributed by atoms with van der Waals surface area (Å²) in [5.74, 6) is 0.447. The van der Waals surface area contributed by atoms with E-state index >= 15 is 0 Å². The minimum atomic E-state index is -2.20. The van der Waals surface area contributed by atoms with Crippen molar-refractivity contribution >= 4 is 107 Å². The van der Waals surface area contributed by atoms with Crippen LogP contribution in [0.1, 0.15) is 123 Å². The predicted octanol–water partition coefficient (Wildman–Crippen LogP) is 18.1. The summed E-state index contributed by atoms with van der Waals surface area (Å²) in [6, 6.07) is 56.4. The molecule has 0 aliphatic rings. The topological polar surface area (TPSA) is 320 Å². The predicted molar refractivity (Wildman–Crippen MR) is 457 cm³/mol. The molecule has 0 saturated heterocycles. The van der Waals surface area contributed by atoms with Crippen molar-refractivity contribution in [3.63, 3.8) is 0 Å². The molecule has 23 nitrogen and oxygen atoms in total. The number of anilines is 3. The fraction of sp³-hybridized carbons (Fsp3) is 0.221. The third-order valence-corrected chi connectivity index (χ3v) is 34.9. The van der Waals surface area contributed by atoms with Gasteiger partial charge in [0.2, 0.25) is 23.3 Å². The molecule has 0 radical (unpaired) electrons. The largest absolute Gasteiger partial charge is 0.371 e. The minimum absolute atomic E-state index is 0. The van der Waals surface area contributed by atoms with E-state index in [0.717, 1.165) is 66.9 Å². The molecule has 14 aromatic rings. The van der Waals surface area contributed by atoms with Crippen molar-refractivity contribution in [3.8, 4) is 39.3 Å². The first kappa shape index (κ1) is 84.1. The molecule has 0 amide bonds. The van der Waals surface area contributed by atoms with Gasteiger partial charge < -0.3 is 28.3 Å². The Kier molecular flexibility index (Phi) is 30.5. The molecule has 0 bridgehead atoms. The average molecular weight is 1640 g/mol. The van der Waals surface area contributed by atoms with Crippen molar-refractivity contribution in [1.29, 1.82) is 0 Å². The molecule has 0 aliphatic heterocycles. The maximum Gasteiger partial charge on any atom is 0.264 e. The first-order valence-electron chi connectivity index (χ1n) is 36.5. The molecule has 0 fully saturated rings. The molecule has 8 heterocycles. The number of unbranched alkanes of at least 4 members (excludes halogenated alkanes) is 3. The number of hydrogen-bond acceptors (Lipinski definition) is 18. The zero-order valence-corrected chi connectivity index (χ0v) is 66.9. The quantitative estimate of drug-likeness (QED) is 0.0269. The summed E-state index contributed by atoms with van der Waals surface area (Å²) in [5.41, 5.74) is 31.1. The van der Waals surface area contributed by atoms with Gasteiger partial charge in [-0.05, 0) is 121 Å². The normalized spacial score (nSPS) is 11.6. The number of nitrogen functional groups attached to an aromatic ring is 2. The number of nitrogens with zero attached hydrogens (tertiary/aromatic N) is 15. The van der Waals surface area contributed by atoms with Gasteiger partial charge in [0.1, 0.15) is 11.0 Å². The van der Waals surface area contributed by atoms with E-state index in [4.69, 9.17) is 59.3 Å². The Labute approximate surface area is 665 Å². The third kappa shape index (κ3) is 20.3. The maximum absolute atomic E-state index is 14.1. The molecule has 112 heavy (non-hydrogen) atoms. The van der Waals surface area contributed by atoms with Crippen LogP contribution in [0.4, 0.5) is 29.1 Å². The number of halogens is 2. The summed E-state index contributed by atoms with van der Waals surface area (Å²) in [6.07, 6.45) is 21.4. The summed E-state index contributed by atoms with van der Waals surface area (Å²) in [5, 5.41) is 31.8. The fourth-order valence-electron chi connectivity index (χ4n) is 13.3. The van der Waals surface area contributed by atoms with Crippen LogP contribution in [0.5, 0.6) is 0 Å². The number of para-hydroxylation sites is 3. The number of pyridine rings is 3. The van der Waals surface area contributed by atoms with Gasteiger partial charge in [-0.1, -0.05) is 134 Å². The van der Waals surface area contributed by atoms with Crippen LogP contribution >= 0.6 is 23.2 Å². The second kappa shape index (κ2) is 40.6. The van der Waals surface area contributed by atoms with Crippen LogP contribution in [0.3, 0.4) is 0 Å². The van der Waals surface area contributed by atoms with Gasteiger partial charge in [0.15, 0.2) is 0 Å². The Morgan fingerprint density at radius 3 is 1.26 bits per heavy atom. The van der Waals surface area contributed by atoms with E-state index in [1.165, 1.54) is 64.2 Å². The van der Waals surface area contributed by atoms with Gasteiger partial charge in [0.25, 0.3) is 16.7 Å². The Morgan fingerprint density at radius 2 is 0.857 bits per heavy atom. The van der Waals surface area contributed by atoms with Crippen molar-refractivity contribution in [3.05, 3.63) is 313 Å². The van der Waals surface area contributed by atoms with Crippen LogP contribution in [0.2, 0.25) is 23.5 Å². The van der Waals surface area contributed by atoms with Gasteiger partial charge in [-0.2, -0.15) is 20.4 Å². The van der Waals surface area contributed by atoms with Crippen molar-refractivity contribution < 1.29 is 0 Å². The summed E-state index contributed by atoms with van der Waals surface area (Å²) in [4.78, 5) is 62.3. The number of benzene rings is 6. The van der Waals surface area contributed by atoms with Gasteiger partial charge >= 0.3 is 123 Å². The van der Waals surface area contributed by atoms with Gasteiger partial charge in [-0.15, -0.1) is 0 Å². The SMILES string of the molecule is C.CCC[CH2][Sn]([CH2]CCC)([CH2]CCC)[c]1ccnnc1.C[C@H](N)c1cc2cccc(-c3ccnnc3)c2c(=O)n1-c1ccccc1.C[C@H](N)c1cc2cccc(Cl)c2c(=O)n1-c1ccccc1.[C-]#[N+]c1cnc(N)nc1Cl.[C-]#[N+]c1cnc(N)nc1N[C@@H](C)c1cc2cccc(-c3ccnnc3)c2c(=O)n1-c1ccccc1. The number of nitrogens with one attached hydrogen (secondary N) is 1. The second-order valence-corrected chi connectivity index (χ2v) is 40.4. The molecule has 6 aromatic carbocycles. The number of fused-ring (bicyclic) bond motifs is 3. The average Bonchev–Trinajstić information content (AvgIpc) is 0.739. The van der Waals surface area contributed by atoms with Crippen LogP contribution < -0.4 is 48.5 Å². The number of hydrogen-bond donors (Lipinski definition) is 5. The van der Waals surface area contributed by atoms with E-state index in [-0.39, 0.29) is 64.6 Å². The molecule has 3 atom stereocenters. The number of rotatable bonds is 20. The molecule has 8 aromatic heterocycles. The van der Waals surface area contributed by atoms with E-state index in [1.807, 2.05) is 197 Å². The van der Waals surface area contributed by atoms with E-state index in [1.54, 1.807) is 48.1 Å².